The van der Waals surface area contributed by atoms with Gasteiger partial charge in [0.25, 0.3) is 0 Å². The fourth-order valence-corrected chi connectivity index (χ4v) is 4.51. The Morgan fingerprint density at radius 1 is 1.26 bits per heavy atom. The summed E-state index contributed by atoms with van der Waals surface area (Å²) in [6, 6.07) is 0. The quantitative estimate of drug-likeness (QED) is 0.315. The molecule has 2 rings (SSSR count). The summed E-state index contributed by atoms with van der Waals surface area (Å²) < 4.78 is 29.3. The Labute approximate surface area is 182 Å². The Hall–Kier alpha value is -1.29. The van der Waals surface area contributed by atoms with E-state index in [0.29, 0.717) is 6.42 Å². The fraction of sp³-hybridized carbons (Fsp3) is 0.800. The maximum Gasteiger partial charge on any atom is 0.472 e. The maximum absolute atomic E-state index is 12.3. The van der Waals surface area contributed by atoms with Crippen molar-refractivity contribution in [1.82, 2.24) is 9.55 Å². The zero-order valence-electron chi connectivity index (χ0n) is 18.3. The van der Waals surface area contributed by atoms with Crippen LogP contribution in [-0.2, 0) is 18.3 Å². The third kappa shape index (κ3) is 8.29. The maximum atomic E-state index is 12.3. The van der Waals surface area contributed by atoms with Crippen LogP contribution in [0.3, 0.4) is 0 Å². The van der Waals surface area contributed by atoms with E-state index in [-0.39, 0.29) is 18.6 Å². The minimum absolute atomic E-state index is 0.0239. The molecule has 11 heteroatoms. The van der Waals surface area contributed by atoms with Gasteiger partial charge in [0.1, 0.15) is 18.4 Å². The standard InChI is InChI=1S/C20H35N2O8P/c1-3-4-5-6-7-8-9-10-11-28-31(26,27)30-16-12-18(29-17(16)14-23)22-13-15(2)19(24)21-20(22)25/h13,16-18,23H,3-12,14H2,1-2H3,(H,26,27)(H,21,24,25)/p-1/t16-,17+,18+/m0/s1. The highest BCUT2D eigenvalue weighted by Crippen LogP contribution is 2.48. The Bertz CT molecular complexity index is 787. The van der Waals surface area contributed by atoms with E-state index in [1.54, 1.807) is 0 Å². The zero-order valence-corrected chi connectivity index (χ0v) is 19.2. The average molecular weight is 461 g/mol. The van der Waals surface area contributed by atoms with Crippen molar-refractivity contribution in [3.05, 3.63) is 22.2 Å². The van der Waals surface area contributed by atoms with E-state index < -0.39 is 44.4 Å². The summed E-state index contributed by atoms with van der Waals surface area (Å²) in [6.45, 7) is 3.31. The van der Waals surface area contributed by atoms with Crippen LogP contribution in [0.2, 0.25) is 0 Å². The normalized spacial score (nSPS) is 23.2. The minimum atomic E-state index is -4.35. The van der Waals surface area contributed by atoms with Crippen LogP contribution in [0.1, 0.15) is 76.5 Å². The van der Waals surface area contributed by atoms with E-state index in [0.717, 1.165) is 23.8 Å². The van der Waals surface area contributed by atoms with Crippen LogP contribution in [0.25, 0.3) is 0 Å². The predicted molar refractivity (Wildman–Crippen MR) is 112 cm³/mol. The summed E-state index contributed by atoms with van der Waals surface area (Å²) in [4.78, 5) is 25.4. The van der Waals surface area contributed by atoms with Gasteiger partial charge in [-0.1, -0.05) is 51.9 Å². The lowest BCUT2D eigenvalue weighted by molar-refractivity contribution is -0.276. The molecule has 0 spiro atoms. The highest BCUT2D eigenvalue weighted by atomic mass is 31.2. The molecule has 1 aromatic heterocycles. The zero-order chi connectivity index (χ0) is 22.9. The molecule has 2 N–H and O–H groups in total. The molecule has 10 nitrogen and oxygen atoms in total. The molecule has 0 radical (unpaired) electrons. The van der Waals surface area contributed by atoms with Gasteiger partial charge in [0, 0.05) is 12.6 Å². The van der Waals surface area contributed by atoms with Gasteiger partial charge >= 0.3 is 13.5 Å². The van der Waals surface area contributed by atoms with Crippen molar-refractivity contribution in [3.63, 3.8) is 0 Å². The second-order valence-electron chi connectivity index (χ2n) is 7.89. The van der Waals surface area contributed by atoms with Crippen LogP contribution in [0.15, 0.2) is 11.0 Å². The molecule has 1 aliphatic rings. The molecule has 2 heterocycles. The number of aryl methyl sites for hydroxylation is 1. The molecule has 0 aliphatic carbocycles. The van der Waals surface area contributed by atoms with Crippen LogP contribution in [0.4, 0.5) is 0 Å². The highest BCUT2D eigenvalue weighted by Gasteiger charge is 2.41. The summed E-state index contributed by atoms with van der Waals surface area (Å²) in [5, 5.41) is 21.0. The third-order valence-electron chi connectivity index (χ3n) is 5.28. The number of unbranched alkanes of at least 4 members (excludes halogenated alkanes) is 7. The number of ether oxygens (including phenoxy) is 1. The second kappa shape index (κ2) is 12.7. The van der Waals surface area contributed by atoms with E-state index in [1.165, 1.54) is 38.8 Å². The highest BCUT2D eigenvalue weighted by molar-refractivity contribution is 7.47. The van der Waals surface area contributed by atoms with Crippen molar-refractivity contribution in [2.24, 2.45) is 0 Å². The molecule has 0 amide bonds. The molecule has 0 bridgehead atoms. The van der Waals surface area contributed by atoms with Gasteiger partial charge in [-0.15, -0.1) is 0 Å². The van der Waals surface area contributed by atoms with Crippen molar-refractivity contribution in [2.45, 2.75) is 90.1 Å². The van der Waals surface area contributed by atoms with E-state index in [9.17, 15) is 24.5 Å². The number of phosphoric ester groups is 1. The van der Waals surface area contributed by atoms with Gasteiger partial charge in [0.05, 0.1) is 13.2 Å². The Morgan fingerprint density at radius 2 is 1.90 bits per heavy atom. The van der Waals surface area contributed by atoms with Crippen LogP contribution in [-0.4, -0.2) is 45.0 Å². The first kappa shape index (κ1) is 26.0. The molecule has 1 fully saturated rings. The first-order chi connectivity index (χ1) is 14.8. The van der Waals surface area contributed by atoms with Crippen molar-refractivity contribution < 1.29 is 33.5 Å². The minimum Gasteiger partial charge on any atom is -0.858 e. The molecule has 1 unspecified atom stereocenters. The van der Waals surface area contributed by atoms with Gasteiger partial charge in [0.15, 0.2) is 0 Å². The molecule has 0 saturated carbocycles. The number of aromatic nitrogens is 2. The molecular formula is C20H34N2O8P-. The number of aliphatic hydroxyl groups excluding tert-OH is 1. The molecule has 4 atom stereocenters. The van der Waals surface area contributed by atoms with Crippen LogP contribution in [0.5, 0.6) is 5.88 Å². The number of rotatable bonds is 14. The number of aliphatic hydroxyl groups is 1. The summed E-state index contributed by atoms with van der Waals surface area (Å²) in [7, 11) is -4.35. The molecule has 31 heavy (non-hydrogen) atoms. The summed E-state index contributed by atoms with van der Waals surface area (Å²) >= 11 is 0. The SMILES string of the molecule is CCCCCCCCCCOP(=O)(O)O[C@H]1C[C@H](n2cc(C)c([O-])nc2=O)O[C@@H]1CO. The molecule has 0 aromatic carbocycles. The number of phosphoric acid groups is 1. The van der Waals surface area contributed by atoms with Gasteiger partial charge in [-0.05, 0) is 24.8 Å². The lowest BCUT2D eigenvalue weighted by Crippen LogP contribution is -2.29. The van der Waals surface area contributed by atoms with Gasteiger partial charge in [-0.2, -0.15) is 0 Å². The Morgan fingerprint density at radius 3 is 2.55 bits per heavy atom. The van der Waals surface area contributed by atoms with Crippen molar-refractivity contribution in [3.8, 4) is 5.88 Å². The smallest absolute Gasteiger partial charge is 0.472 e. The second-order valence-corrected chi connectivity index (χ2v) is 9.29. The largest absolute Gasteiger partial charge is 0.858 e. The third-order valence-corrected chi connectivity index (χ3v) is 6.33. The lowest BCUT2D eigenvalue weighted by atomic mass is 10.1. The molecule has 1 aliphatic heterocycles. The summed E-state index contributed by atoms with van der Waals surface area (Å²) in [5.41, 5.74) is -0.536. The van der Waals surface area contributed by atoms with E-state index in [2.05, 4.69) is 11.9 Å². The van der Waals surface area contributed by atoms with Crippen molar-refractivity contribution >= 4 is 7.82 Å². The van der Waals surface area contributed by atoms with Gasteiger partial charge in [-0.25, -0.2) is 14.3 Å². The van der Waals surface area contributed by atoms with E-state index >= 15 is 0 Å². The number of hydrogen-bond acceptors (Lipinski definition) is 8. The predicted octanol–water partition coefficient (Wildman–Crippen LogP) is 2.55. The van der Waals surface area contributed by atoms with Gasteiger partial charge < -0.3 is 19.8 Å². The van der Waals surface area contributed by atoms with Crippen molar-refractivity contribution in [2.75, 3.05) is 13.2 Å². The van der Waals surface area contributed by atoms with Crippen LogP contribution < -0.4 is 10.8 Å². The topological polar surface area (TPSA) is 143 Å². The summed E-state index contributed by atoms with van der Waals surface area (Å²) in [5.74, 6) is -0.625. The van der Waals surface area contributed by atoms with Crippen LogP contribution in [0, 0.1) is 6.92 Å². The van der Waals surface area contributed by atoms with Gasteiger partial charge in [-0.3, -0.25) is 13.6 Å². The number of hydrogen-bond donors (Lipinski definition) is 2. The first-order valence-corrected chi connectivity index (χ1v) is 12.5. The number of nitrogens with zero attached hydrogens (tertiary/aromatic N) is 2. The molecule has 1 saturated heterocycles. The first-order valence-electron chi connectivity index (χ1n) is 11.0. The van der Waals surface area contributed by atoms with Crippen LogP contribution >= 0.6 is 7.82 Å². The lowest BCUT2D eigenvalue weighted by Gasteiger charge is -2.19. The van der Waals surface area contributed by atoms with E-state index in [4.69, 9.17) is 13.8 Å². The summed E-state index contributed by atoms with van der Waals surface area (Å²) in [6.07, 6.45) is 7.25. The molecular weight excluding hydrogens is 427 g/mol. The molecule has 1 aromatic rings. The Kier molecular flexibility index (Phi) is 10.6. The van der Waals surface area contributed by atoms with Gasteiger partial charge in [0.2, 0.25) is 0 Å². The average Bonchev–Trinajstić information content (AvgIpc) is 3.11. The van der Waals surface area contributed by atoms with E-state index in [1.807, 2.05) is 0 Å². The monoisotopic (exact) mass is 461 g/mol. The fourth-order valence-electron chi connectivity index (χ4n) is 3.52. The molecule has 178 valence electrons. The Balaban J connectivity index is 1.80. The van der Waals surface area contributed by atoms with Crippen molar-refractivity contribution in [1.29, 1.82) is 0 Å².